The highest BCUT2D eigenvalue weighted by Crippen LogP contribution is 2.21. The van der Waals surface area contributed by atoms with Gasteiger partial charge < -0.3 is 16.0 Å². The van der Waals surface area contributed by atoms with Crippen LogP contribution in [-0.4, -0.2) is 17.4 Å². The average molecular weight is 269 g/mol. The zero-order chi connectivity index (χ0) is 13.9. The molecule has 4 nitrogen and oxygen atoms in total. The Morgan fingerprint density at radius 3 is 3.10 bits per heavy atom. The number of hydrogen-bond acceptors (Lipinski definition) is 2. The number of H-pyrrole nitrogens is 1. The van der Waals surface area contributed by atoms with Crippen molar-refractivity contribution in [1.82, 2.24) is 10.3 Å². The van der Waals surface area contributed by atoms with E-state index in [4.69, 9.17) is 5.73 Å². The van der Waals surface area contributed by atoms with E-state index in [0.29, 0.717) is 17.2 Å². The van der Waals surface area contributed by atoms with Crippen LogP contribution in [0.1, 0.15) is 29.6 Å². The SMILES string of the molecule is Nc1ccc2[nH]cc(C(=O)NCC3CC=CCC3)c2c1. The van der Waals surface area contributed by atoms with Crippen molar-refractivity contribution < 1.29 is 4.79 Å². The van der Waals surface area contributed by atoms with Gasteiger partial charge in [0, 0.05) is 29.3 Å². The minimum absolute atomic E-state index is 0.0311. The zero-order valence-corrected chi connectivity index (χ0v) is 11.4. The average Bonchev–Trinajstić information content (AvgIpc) is 2.89. The summed E-state index contributed by atoms with van der Waals surface area (Å²) in [6.07, 6.45) is 9.48. The van der Waals surface area contributed by atoms with Gasteiger partial charge in [-0.25, -0.2) is 0 Å². The Kier molecular flexibility index (Phi) is 3.46. The fourth-order valence-electron chi connectivity index (χ4n) is 2.70. The third-order valence-electron chi connectivity index (χ3n) is 3.88. The van der Waals surface area contributed by atoms with Crippen LogP contribution in [0, 0.1) is 5.92 Å². The second kappa shape index (κ2) is 5.41. The quantitative estimate of drug-likeness (QED) is 0.592. The molecule has 1 aliphatic carbocycles. The van der Waals surface area contributed by atoms with Gasteiger partial charge in [-0.15, -0.1) is 0 Å². The summed E-state index contributed by atoms with van der Waals surface area (Å²) in [4.78, 5) is 15.4. The second-order valence-electron chi connectivity index (χ2n) is 5.37. The molecular formula is C16H19N3O. The summed E-state index contributed by atoms with van der Waals surface area (Å²) in [5.41, 5.74) is 8.06. The number of aromatic nitrogens is 1. The van der Waals surface area contributed by atoms with Crippen molar-refractivity contribution in [2.75, 3.05) is 12.3 Å². The summed E-state index contributed by atoms with van der Waals surface area (Å²) in [5.74, 6) is 0.524. The number of anilines is 1. The van der Waals surface area contributed by atoms with E-state index < -0.39 is 0 Å². The van der Waals surface area contributed by atoms with E-state index in [1.165, 1.54) is 0 Å². The fraction of sp³-hybridized carbons (Fsp3) is 0.312. The molecule has 1 atom stereocenters. The first-order chi connectivity index (χ1) is 9.74. The molecule has 0 spiro atoms. The van der Waals surface area contributed by atoms with Gasteiger partial charge in [-0.3, -0.25) is 4.79 Å². The molecule has 4 heteroatoms. The number of nitrogens with two attached hydrogens (primary N) is 1. The first-order valence-electron chi connectivity index (χ1n) is 7.04. The number of carbonyl (C=O) groups is 1. The molecule has 1 amide bonds. The largest absolute Gasteiger partial charge is 0.399 e. The van der Waals surface area contributed by atoms with E-state index in [1.807, 2.05) is 18.2 Å². The first-order valence-corrected chi connectivity index (χ1v) is 7.04. The van der Waals surface area contributed by atoms with Gasteiger partial charge in [0.1, 0.15) is 0 Å². The molecule has 0 saturated heterocycles. The van der Waals surface area contributed by atoms with Gasteiger partial charge in [-0.05, 0) is 43.4 Å². The minimum Gasteiger partial charge on any atom is -0.399 e. The van der Waals surface area contributed by atoms with Crippen molar-refractivity contribution in [2.24, 2.45) is 5.92 Å². The van der Waals surface area contributed by atoms with Gasteiger partial charge >= 0.3 is 0 Å². The summed E-state index contributed by atoms with van der Waals surface area (Å²) in [5, 5.41) is 3.91. The Morgan fingerprint density at radius 2 is 2.30 bits per heavy atom. The number of carbonyl (C=O) groups excluding carboxylic acids is 1. The van der Waals surface area contributed by atoms with Crippen LogP contribution in [-0.2, 0) is 0 Å². The number of amides is 1. The number of fused-ring (bicyclic) bond motifs is 1. The maximum absolute atomic E-state index is 12.3. The number of rotatable bonds is 3. The Balaban J connectivity index is 1.72. The topological polar surface area (TPSA) is 70.9 Å². The molecule has 1 unspecified atom stereocenters. The van der Waals surface area contributed by atoms with E-state index in [1.54, 1.807) is 6.20 Å². The lowest BCUT2D eigenvalue weighted by Gasteiger charge is -2.17. The summed E-state index contributed by atoms with van der Waals surface area (Å²) in [6, 6.07) is 5.56. The van der Waals surface area contributed by atoms with Crippen molar-refractivity contribution in [3.8, 4) is 0 Å². The molecule has 20 heavy (non-hydrogen) atoms. The molecule has 0 bridgehead atoms. The highest BCUT2D eigenvalue weighted by atomic mass is 16.1. The smallest absolute Gasteiger partial charge is 0.253 e. The van der Waals surface area contributed by atoms with E-state index in [-0.39, 0.29) is 5.91 Å². The monoisotopic (exact) mass is 269 g/mol. The van der Waals surface area contributed by atoms with Crippen molar-refractivity contribution in [3.05, 3.63) is 42.1 Å². The normalized spacial score (nSPS) is 18.3. The predicted molar refractivity (Wildman–Crippen MR) is 81.5 cm³/mol. The van der Waals surface area contributed by atoms with Gasteiger partial charge in [-0.1, -0.05) is 12.2 Å². The molecule has 2 aromatic rings. The molecule has 0 radical (unpaired) electrons. The maximum Gasteiger partial charge on any atom is 0.253 e. The van der Waals surface area contributed by atoms with Crippen LogP contribution in [0.2, 0.25) is 0 Å². The number of nitrogen functional groups attached to an aromatic ring is 1. The van der Waals surface area contributed by atoms with E-state index in [0.717, 1.165) is 36.7 Å². The number of nitrogens with one attached hydrogen (secondary N) is 2. The van der Waals surface area contributed by atoms with Crippen LogP contribution in [0.5, 0.6) is 0 Å². The Labute approximate surface area is 118 Å². The highest BCUT2D eigenvalue weighted by molar-refractivity contribution is 6.07. The van der Waals surface area contributed by atoms with E-state index >= 15 is 0 Å². The lowest BCUT2D eigenvalue weighted by Crippen LogP contribution is -2.29. The van der Waals surface area contributed by atoms with Crippen molar-refractivity contribution in [3.63, 3.8) is 0 Å². The number of hydrogen-bond donors (Lipinski definition) is 3. The molecule has 0 fully saturated rings. The molecule has 1 aromatic heterocycles. The van der Waals surface area contributed by atoms with Crippen molar-refractivity contribution >= 4 is 22.5 Å². The summed E-state index contributed by atoms with van der Waals surface area (Å²) in [7, 11) is 0. The van der Waals surface area contributed by atoms with Crippen LogP contribution in [0.3, 0.4) is 0 Å². The molecule has 1 heterocycles. The zero-order valence-electron chi connectivity index (χ0n) is 11.4. The Morgan fingerprint density at radius 1 is 1.40 bits per heavy atom. The van der Waals surface area contributed by atoms with E-state index in [2.05, 4.69) is 22.5 Å². The summed E-state index contributed by atoms with van der Waals surface area (Å²) < 4.78 is 0. The maximum atomic E-state index is 12.3. The molecular weight excluding hydrogens is 250 g/mol. The van der Waals surface area contributed by atoms with Gasteiger partial charge in [0.2, 0.25) is 0 Å². The fourth-order valence-corrected chi connectivity index (χ4v) is 2.70. The van der Waals surface area contributed by atoms with Crippen LogP contribution in [0.4, 0.5) is 5.69 Å². The second-order valence-corrected chi connectivity index (χ2v) is 5.37. The van der Waals surface area contributed by atoms with Crippen LogP contribution >= 0.6 is 0 Å². The molecule has 1 aliphatic rings. The minimum atomic E-state index is -0.0311. The van der Waals surface area contributed by atoms with Crippen molar-refractivity contribution in [1.29, 1.82) is 0 Å². The molecule has 0 aliphatic heterocycles. The summed E-state index contributed by atoms with van der Waals surface area (Å²) in [6.45, 7) is 0.734. The van der Waals surface area contributed by atoms with Crippen LogP contribution in [0.15, 0.2) is 36.5 Å². The standard InChI is InChI=1S/C16H19N3O/c17-12-6-7-15-13(8-12)14(10-18-15)16(20)19-9-11-4-2-1-3-5-11/h1-2,6-8,10-11,18H,3-5,9,17H2,(H,19,20). The van der Waals surface area contributed by atoms with Crippen molar-refractivity contribution in [2.45, 2.75) is 19.3 Å². The molecule has 104 valence electrons. The molecule has 1 aromatic carbocycles. The molecule has 3 rings (SSSR count). The lowest BCUT2D eigenvalue weighted by atomic mass is 9.94. The number of aromatic amines is 1. The number of benzene rings is 1. The summed E-state index contributed by atoms with van der Waals surface area (Å²) >= 11 is 0. The van der Waals surface area contributed by atoms with E-state index in [9.17, 15) is 4.79 Å². The first kappa shape index (κ1) is 12.8. The number of allylic oxidation sites excluding steroid dienone is 2. The van der Waals surface area contributed by atoms with Crippen LogP contribution < -0.4 is 11.1 Å². The third-order valence-corrected chi connectivity index (χ3v) is 3.88. The van der Waals surface area contributed by atoms with Crippen LogP contribution in [0.25, 0.3) is 10.9 Å². The molecule has 4 N–H and O–H groups in total. The lowest BCUT2D eigenvalue weighted by molar-refractivity contribution is 0.0948. The molecule has 0 saturated carbocycles. The third kappa shape index (κ3) is 2.54. The van der Waals surface area contributed by atoms with Gasteiger partial charge in [0.05, 0.1) is 5.56 Å². The Hall–Kier alpha value is -2.23. The van der Waals surface area contributed by atoms with Gasteiger partial charge in [0.15, 0.2) is 0 Å². The highest BCUT2D eigenvalue weighted by Gasteiger charge is 2.15. The van der Waals surface area contributed by atoms with Gasteiger partial charge in [-0.2, -0.15) is 0 Å². The predicted octanol–water partition coefficient (Wildman–Crippen LogP) is 2.84. The van der Waals surface area contributed by atoms with Gasteiger partial charge in [0.25, 0.3) is 5.91 Å². The Bertz CT molecular complexity index is 657.